The van der Waals surface area contributed by atoms with Gasteiger partial charge in [0.05, 0.1) is 23.1 Å². The fourth-order valence-electron chi connectivity index (χ4n) is 6.24. The molecule has 5 aliphatic rings. The average Bonchev–Trinajstić information content (AvgIpc) is 3.62. The van der Waals surface area contributed by atoms with Gasteiger partial charge in [0.25, 0.3) is 0 Å². The summed E-state index contributed by atoms with van der Waals surface area (Å²) in [7, 11) is 0. The van der Waals surface area contributed by atoms with E-state index in [0.717, 1.165) is 17.5 Å². The largest absolute Gasteiger partial charge is 0.454 e. The van der Waals surface area contributed by atoms with Crippen LogP contribution in [0.4, 0.5) is 5.69 Å². The molecule has 2 aromatic carbocycles. The first kappa shape index (κ1) is 21.0. The molecule has 0 aromatic heterocycles. The van der Waals surface area contributed by atoms with Crippen LogP contribution < -0.4 is 4.90 Å². The van der Waals surface area contributed by atoms with Gasteiger partial charge in [0, 0.05) is 5.56 Å². The molecule has 1 heterocycles. The third-order valence-electron chi connectivity index (χ3n) is 8.19. The molecule has 7 rings (SSSR count). The zero-order chi connectivity index (χ0) is 23.7. The number of hydrogen-bond acceptors (Lipinski definition) is 5. The lowest BCUT2D eigenvalue weighted by atomic mass is 9.63. The van der Waals surface area contributed by atoms with Crippen LogP contribution in [0, 0.1) is 49.4 Å². The van der Waals surface area contributed by atoms with Crippen molar-refractivity contribution in [2.75, 3.05) is 11.5 Å². The zero-order valence-corrected chi connectivity index (χ0v) is 19.1. The van der Waals surface area contributed by atoms with Gasteiger partial charge < -0.3 is 4.74 Å². The van der Waals surface area contributed by atoms with E-state index in [1.54, 1.807) is 30.3 Å². The summed E-state index contributed by atoms with van der Waals surface area (Å²) in [4.78, 5) is 53.6. The van der Waals surface area contributed by atoms with Crippen molar-refractivity contribution < 1.29 is 23.9 Å². The second-order valence-corrected chi connectivity index (χ2v) is 9.98. The van der Waals surface area contributed by atoms with Gasteiger partial charge >= 0.3 is 5.97 Å². The Morgan fingerprint density at radius 2 is 1.56 bits per heavy atom. The van der Waals surface area contributed by atoms with Gasteiger partial charge in [-0.2, -0.15) is 0 Å². The maximum Gasteiger partial charge on any atom is 0.340 e. The van der Waals surface area contributed by atoms with Crippen LogP contribution in [0.25, 0.3) is 0 Å². The lowest BCUT2D eigenvalue weighted by Crippen LogP contribution is -2.40. The number of anilines is 1. The number of para-hydroxylation sites is 1. The van der Waals surface area contributed by atoms with E-state index in [9.17, 15) is 19.2 Å². The van der Waals surface area contributed by atoms with Crippen LogP contribution in [0.3, 0.4) is 0 Å². The minimum absolute atomic E-state index is 0.108. The molecule has 172 valence electrons. The van der Waals surface area contributed by atoms with Crippen molar-refractivity contribution in [1.29, 1.82) is 0 Å². The molecule has 1 aliphatic heterocycles. The van der Waals surface area contributed by atoms with Gasteiger partial charge in [0.2, 0.25) is 11.8 Å². The Bertz CT molecular complexity index is 1260. The molecular weight excluding hydrogens is 430 g/mol. The fourth-order valence-corrected chi connectivity index (χ4v) is 6.24. The number of esters is 1. The number of carbonyl (C=O) groups is 4. The summed E-state index contributed by atoms with van der Waals surface area (Å²) >= 11 is 0. The van der Waals surface area contributed by atoms with Crippen LogP contribution in [-0.4, -0.2) is 30.2 Å². The molecule has 3 fully saturated rings. The number of amides is 2. The van der Waals surface area contributed by atoms with Crippen molar-refractivity contribution in [3.05, 3.63) is 76.9 Å². The molecule has 2 saturated carbocycles. The number of benzene rings is 2. The highest BCUT2D eigenvalue weighted by molar-refractivity contribution is 6.24. The number of Topliss-reactive ketones (excluding diaryl/α,β-unsaturated/α-hetero) is 1. The summed E-state index contributed by atoms with van der Waals surface area (Å²) < 4.78 is 5.33. The first-order valence-electron chi connectivity index (χ1n) is 11.8. The standard InChI is InChI=1S/C28H25NO5/c1-14-7-8-16(11-15(14)2)23(30)13-34-28(33)19-5-3-4-6-22(19)29-26(31)24-17-9-10-18(21-12-20(17)21)25(24)27(29)32/h3-11,17-18,20-21,24-25H,12-13H2,1-2H3/t17-,18+,20-,21-,24+,25-/m1/s1. The highest BCUT2D eigenvalue weighted by Crippen LogP contribution is 2.65. The lowest BCUT2D eigenvalue weighted by Gasteiger charge is -2.37. The highest BCUT2D eigenvalue weighted by Gasteiger charge is 2.67. The highest BCUT2D eigenvalue weighted by atomic mass is 16.5. The van der Waals surface area contributed by atoms with E-state index in [2.05, 4.69) is 12.2 Å². The summed E-state index contributed by atoms with van der Waals surface area (Å²) in [5.74, 6) is -0.968. The Balaban J connectivity index is 1.23. The first-order valence-corrected chi connectivity index (χ1v) is 11.8. The topological polar surface area (TPSA) is 80.8 Å². The SMILES string of the molecule is Cc1ccc(C(=O)COC(=O)c2ccccc2N2C(=O)[C@@H]3[C@H]4C=C[C@H]([C@H]5C[C@H]45)[C@@H]3C2=O)cc1C. The molecule has 2 bridgehead atoms. The minimum atomic E-state index is -0.729. The number of nitrogens with zero attached hydrogens (tertiary/aromatic N) is 1. The molecule has 0 spiro atoms. The second-order valence-electron chi connectivity index (χ2n) is 9.98. The van der Waals surface area contributed by atoms with E-state index in [4.69, 9.17) is 4.74 Å². The summed E-state index contributed by atoms with van der Waals surface area (Å²) in [6, 6.07) is 11.8. The molecule has 0 N–H and O–H groups in total. The van der Waals surface area contributed by atoms with Crippen LogP contribution in [0.2, 0.25) is 0 Å². The Morgan fingerprint density at radius 1 is 0.912 bits per heavy atom. The van der Waals surface area contributed by atoms with E-state index in [1.807, 2.05) is 19.9 Å². The monoisotopic (exact) mass is 455 g/mol. The predicted molar refractivity (Wildman–Crippen MR) is 124 cm³/mol. The van der Waals surface area contributed by atoms with Crippen molar-refractivity contribution >= 4 is 29.3 Å². The molecule has 34 heavy (non-hydrogen) atoms. The van der Waals surface area contributed by atoms with Crippen molar-refractivity contribution in [1.82, 2.24) is 0 Å². The molecule has 1 saturated heterocycles. The van der Waals surface area contributed by atoms with E-state index in [-0.39, 0.29) is 52.5 Å². The maximum atomic E-state index is 13.5. The van der Waals surface area contributed by atoms with E-state index in [1.165, 1.54) is 11.0 Å². The Hall–Kier alpha value is -3.54. The Labute approximate surface area is 197 Å². The number of ether oxygens (including phenoxy) is 1. The summed E-state index contributed by atoms with van der Waals surface area (Å²) in [6.45, 7) is 3.46. The molecule has 2 amide bonds. The average molecular weight is 456 g/mol. The molecule has 6 atom stereocenters. The van der Waals surface area contributed by atoms with Crippen LogP contribution >= 0.6 is 0 Å². The third-order valence-corrected chi connectivity index (χ3v) is 8.19. The van der Waals surface area contributed by atoms with Gasteiger partial charge in [-0.25, -0.2) is 9.69 Å². The van der Waals surface area contributed by atoms with Gasteiger partial charge in [0.15, 0.2) is 12.4 Å². The molecule has 0 unspecified atom stereocenters. The minimum Gasteiger partial charge on any atom is -0.454 e. The lowest BCUT2D eigenvalue weighted by molar-refractivity contribution is -0.124. The Morgan fingerprint density at radius 3 is 2.21 bits per heavy atom. The molecule has 2 aromatic rings. The second kappa shape index (κ2) is 7.49. The van der Waals surface area contributed by atoms with Crippen molar-refractivity contribution in [3.8, 4) is 0 Å². The number of allylic oxidation sites excluding steroid dienone is 2. The van der Waals surface area contributed by atoms with Crippen molar-refractivity contribution in [2.24, 2.45) is 35.5 Å². The quantitative estimate of drug-likeness (QED) is 0.296. The normalized spacial score (nSPS) is 30.2. The molecular formula is C28H25NO5. The van der Waals surface area contributed by atoms with Crippen molar-refractivity contribution in [3.63, 3.8) is 0 Å². The molecule has 6 nitrogen and oxygen atoms in total. The van der Waals surface area contributed by atoms with Crippen LogP contribution in [0.1, 0.15) is 38.3 Å². The number of aryl methyl sites for hydroxylation is 2. The third kappa shape index (κ3) is 3.01. The van der Waals surface area contributed by atoms with Gasteiger partial charge in [-0.3, -0.25) is 14.4 Å². The van der Waals surface area contributed by atoms with Crippen LogP contribution in [0.15, 0.2) is 54.6 Å². The van der Waals surface area contributed by atoms with Gasteiger partial charge in [-0.15, -0.1) is 0 Å². The van der Waals surface area contributed by atoms with Gasteiger partial charge in [-0.1, -0.05) is 36.4 Å². The van der Waals surface area contributed by atoms with Gasteiger partial charge in [-0.05, 0) is 73.3 Å². The smallest absolute Gasteiger partial charge is 0.340 e. The van der Waals surface area contributed by atoms with Gasteiger partial charge in [0.1, 0.15) is 0 Å². The van der Waals surface area contributed by atoms with Crippen LogP contribution in [0.5, 0.6) is 0 Å². The number of carbonyl (C=O) groups excluding carboxylic acids is 4. The summed E-state index contributed by atoms with van der Waals surface area (Å²) in [6.07, 6.45) is 5.33. The number of ketones is 1. The number of imide groups is 1. The van der Waals surface area contributed by atoms with E-state index in [0.29, 0.717) is 17.4 Å². The predicted octanol–water partition coefficient (Wildman–Crippen LogP) is 3.90. The maximum absolute atomic E-state index is 13.5. The van der Waals surface area contributed by atoms with Crippen molar-refractivity contribution in [2.45, 2.75) is 20.3 Å². The molecule has 6 heteroatoms. The van der Waals surface area contributed by atoms with Crippen LogP contribution in [-0.2, 0) is 14.3 Å². The summed E-state index contributed by atoms with van der Waals surface area (Å²) in [5, 5.41) is 0. The molecule has 4 aliphatic carbocycles. The summed E-state index contributed by atoms with van der Waals surface area (Å²) in [5.41, 5.74) is 2.88. The van der Waals surface area contributed by atoms with E-state index < -0.39 is 12.6 Å². The Kier molecular flexibility index (Phi) is 4.63. The van der Waals surface area contributed by atoms with E-state index >= 15 is 0 Å². The number of hydrogen-bond donors (Lipinski definition) is 0. The zero-order valence-electron chi connectivity index (χ0n) is 19.1. The first-order chi connectivity index (χ1) is 16.4. The number of rotatable bonds is 5. The molecule has 0 radical (unpaired) electrons. The fraction of sp³-hybridized carbons (Fsp3) is 0.357.